The highest BCUT2D eigenvalue weighted by molar-refractivity contribution is 5.85. The number of cyclic esters (lactones) is 1. The largest absolute Gasteiger partial charge is 0.449 e. The second-order valence-corrected chi connectivity index (χ2v) is 3.42. The molecule has 0 aromatic heterocycles. The van der Waals surface area contributed by atoms with Crippen molar-refractivity contribution < 1.29 is 22.7 Å². The SMILES string of the molecule is Cl.O=C1N[C@H](c2cc(F)c(F)c(F)c2)CCO1. The molecule has 1 heterocycles. The van der Waals surface area contributed by atoms with Crippen molar-refractivity contribution in [2.24, 2.45) is 0 Å². The Morgan fingerprint density at radius 3 is 2.35 bits per heavy atom. The maximum Gasteiger partial charge on any atom is 0.407 e. The molecular formula is C10H9ClF3NO2. The van der Waals surface area contributed by atoms with Crippen molar-refractivity contribution in [2.75, 3.05) is 6.61 Å². The summed E-state index contributed by atoms with van der Waals surface area (Å²) in [7, 11) is 0. The third-order valence-electron chi connectivity index (χ3n) is 2.34. The Bertz CT molecular complexity index is 419. The molecule has 7 heteroatoms. The molecule has 94 valence electrons. The highest BCUT2D eigenvalue weighted by atomic mass is 35.5. The average Bonchev–Trinajstić information content (AvgIpc) is 2.25. The Morgan fingerprint density at radius 1 is 1.24 bits per heavy atom. The topological polar surface area (TPSA) is 38.3 Å². The molecule has 1 amide bonds. The fourth-order valence-corrected chi connectivity index (χ4v) is 1.55. The smallest absolute Gasteiger partial charge is 0.407 e. The Balaban J connectivity index is 0.00000144. The molecule has 1 fully saturated rings. The summed E-state index contributed by atoms with van der Waals surface area (Å²) >= 11 is 0. The zero-order valence-corrected chi connectivity index (χ0v) is 9.32. The number of hydrogen-bond acceptors (Lipinski definition) is 2. The third-order valence-corrected chi connectivity index (χ3v) is 2.34. The van der Waals surface area contributed by atoms with Gasteiger partial charge in [0.1, 0.15) is 0 Å². The van der Waals surface area contributed by atoms with E-state index in [4.69, 9.17) is 0 Å². The van der Waals surface area contributed by atoms with Crippen molar-refractivity contribution in [3.05, 3.63) is 35.1 Å². The van der Waals surface area contributed by atoms with E-state index in [1.54, 1.807) is 0 Å². The van der Waals surface area contributed by atoms with Crippen LogP contribution in [-0.2, 0) is 4.74 Å². The average molecular weight is 268 g/mol. The fraction of sp³-hybridized carbons (Fsp3) is 0.300. The summed E-state index contributed by atoms with van der Waals surface area (Å²) in [4.78, 5) is 10.9. The maximum atomic E-state index is 12.9. The molecule has 0 bridgehead atoms. The predicted molar refractivity (Wildman–Crippen MR) is 55.4 cm³/mol. The van der Waals surface area contributed by atoms with Gasteiger partial charge in [0.25, 0.3) is 0 Å². The molecule has 0 unspecified atom stereocenters. The molecule has 0 spiro atoms. The third kappa shape index (κ3) is 2.82. The summed E-state index contributed by atoms with van der Waals surface area (Å²) in [5.74, 6) is -4.05. The highest BCUT2D eigenvalue weighted by Gasteiger charge is 2.23. The van der Waals surface area contributed by atoms with Gasteiger partial charge in [-0.2, -0.15) is 0 Å². The Hall–Kier alpha value is -1.43. The molecule has 1 atom stereocenters. The molecule has 0 aliphatic carbocycles. The number of alkyl carbamates (subject to hydrolysis) is 1. The first kappa shape index (κ1) is 13.6. The molecule has 1 aromatic carbocycles. The van der Waals surface area contributed by atoms with Gasteiger partial charge in [-0.15, -0.1) is 12.4 Å². The first-order chi connectivity index (χ1) is 7.58. The number of rotatable bonds is 1. The van der Waals surface area contributed by atoms with Gasteiger partial charge in [0.05, 0.1) is 12.6 Å². The fourth-order valence-electron chi connectivity index (χ4n) is 1.55. The van der Waals surface area contributed by atoms with E-state index in [-0.39, 0.29) is 24.6 Å². The maximum absolute atomic E-state index is 12.9. The van der Waals surface area contributed by atoms with Crippen LogP contribution in [-0.4, -0.2) is 12.7 Å². The normalized spacial score (nSPS) is 19.0. The summed E-state index contributed by atoms with van der Waals surface area (Å²) in [6.45, 7) is 0.164. The molecule has 1 aliphatic heterocycles. The molecule has 1 saturated heterocycles. The van der Waals surface area contributed by atoms with Gasteiger partial charge in [-0.1, -0.05) is 0 Å². The number of carbonyl (C=O) groups is 1. The molecule has 1 aromatic rings. The van der Waals surface area contributed by atoms with Gasteiger partial charge >= 0.3 is 6.09 Å². The molecule has 3 nitrogen and oxygen atoms in total. The molecule has 0 radical (unpaired) electrons. The van der Waals surface area contributed by atoms with Crippen LogP contribution in [0, 0.1) is 17.5 Å². The number of ether oxygens (including phenoxy) is 1. The molecule has 1 N–H and O–H groups in total. The van der Waals surface area contributed by atoms with Gasteiger partial charge in [0.2, 0.25) is 0 Å². The first-order valence-corrected chi connectivity index (χ1v) is 4.65. The van der Waals surface area contributed by atoms with E-state index in [0.29, 0.717) is 6.42 Å². The number of amides is 1. The van der Waals surface area contributed by atoms with Crippen molar-refractivity contribution >= 4 is 18.5 Å². The van der Waals surface area contributed by atoms with Crippen LogP contribution in [0.2, 0.25) is 0 Å². The predicted octanol–water partition coefficient (Wildman–Crippen LogP) is 2.70. The van der Waals surface area contributed by atoms with Crippen LogP contribution in [0.4, 0.5) is 18.0 Å². The van der Waals surface area contributed by atoms with E-state index in [0.717, 1.165) is 12.1 Å². The lowest BCUT2D eigenvalue weighted by molar-refractivity contribution is 0.115. The minimum Gasteiger partial charge on any atom is -0.449 e. The number of carbonyl (C=O) groups excluding carboxylic acids is 1. The monoisotopic (exact) mass is 267 g/mol. The van der Waals surface area contributed by atoms with Crippen molar-refractivity contribution in [3.63, 3.8) is 0 Å². The van der Waals surface area contributed by atoms with Gasteiger partial charge in [0.15, 0.2) is 17.5 Å². The summed E-state index contributed by atoms with van der Waals surface area (Å²) < 4.78 is 43.2. The lowest BCUT2D eigenvalue weighted by Crippen LogP contribution is -2.35. The number of nitrogens with one attached hydrogen (secondary N) is 1. The summed E-state index contributed by atoms with van der Waals surface area (Å²) in [5.41, 5.74) is 0.188. The standard InChI is InChI=1S/C10H8F3NO2.ClH/c11-6-3-5(4-7(12)9(6)13)8-1-2-16-10(15)14-8;/h3-4,8H,1-2H2,(H,14,15);1H/t8-;/m0./s1. The van der Waals surface area contributed by atoms with Gasteiger partial charge in [0, 0.05) is 6.42 Å². The van der Waals surface area contributed by atoms with Crippen LogP contribution in [0.3, 0.4) is 0 Å². The van der Waals surface area contributed by atoms with E-state index in [2.05, 4.69) is 10.1 Å². The summed E-state index contributed by atoms with van der Waals surface area (Å²) in [5, 5.41) is 2.39. The van der Waals surface area contributed by atoms with Crippen molar-refractivity contribution in [3.8, 4) is 0 Å². The van der Waals surface area contributed by atoms with Crippen LogP contribution in [0.25, 0.3) is 0 Å². The summed E-state index contributed by atoms with van der Waals surface area (Å²) in [6, 6.07) is 1.19. The quantitative estimate of drug-likeness (QED) is 0.795. The number of halogens is 4. The van der Waals surface area contributed by atoms with E-state index in [9.17, 15) is 18.0 Å². The zero-order chi connectivity index (χ0) is 11.7. The lowest BCUT2D eigenvalue weighted by atomic mass is 10.0. The van der Waals surface area contributed by atoms with Crippen molar-refractivity contribution in [1.82, 2.24) is 5.32 Å². The molecule has 2 rings (SSSR count). The van der Waals surface area contributed by atoms with Crippen molar-refractivity contribution in [2.45, 2.75) is 12.5 Å². The molecule has 0 saturated carbocycles. The van der Waals surface area contributed by atoms with Gasteiger partial charge in [-0.3, -0.25) is 0 Å². The molecular weight excluding hydrogens is 259 g/mol. The first-order valence-electron chi connectivity index (χ1n) is 4.65. The van der Waals surface area contributed by atoms with Gasteiger partial charge in [-0.05, 0) is 17.7 Å². The Kier molecular flexibility index (Phi) is 4.22. The van der Waals surface area contributed by atoms with Crippen LogP contribution >= 0.6 is 12.4 Å². The molecule has 17 heavy (non-hydrogen) atoms. The van der Waals surface area contributed by atoms with Gasteiger partial charge < -0.3 is 10.1 Å². The van der Waals surface area contributed by atoms with Crippen LogP contribution in [0.5, 0.6) is 0 Å². The second kappa shape index (κ2) is 5.27. The second-order valence-electron chi connectivity index (χ2n) is 3.42. The van der Waals surface area contributed by atoms with E-state index < -0.39 is 29.6 Å². The van der Waals surface area contributed by atoms with Crippen LogP contribution in [0.1, 0.15) is 18.0 Å². The Morgan fingerprint density at radius 2 is 1.82 bits per heavy atom. The van der Waals surface area contributed by atoms with E-state index >= 15 is 0 Å². The van der Waals surface area contributed by atoms with Crippen LogP contribution < -0.4 is 5.32 Å². The minimum absolute atomic E-state index is 0. The van der Waals surface area contributed by atoms with E-state index in [1.165, 1.54) is 0 Å². The zero-order valence-electron chi connectivity index (χ0n) is 8.50. The highest BCUT2D eigenvalue weighted by Crippen LogP contribution is 2.23. The molecule has 1 aliphatic rings. The summed E-state index contributed by atoms with van der Waals surface area (Å²) in [6.07, 6.45) is -0.266. The van der Waals surface area contributed by atoms with E-state index in [1.807, 2.05) is 0 Å². The van der Waals surface area contributed by atoms with Gasteiger partial charge in [-0.25, -0.2) is 18.0 Å². The Labute approximate surface area is 101 Å². The number of benzene rings is 1. The lowest BCUT2D eigenvalue weighted by Gasteiger charge is -2.23. The minimum atomic E-state index is -1.51. The van der Waals surface area contributed by atoms with Crippen LogP contribution in [0.15, 0.2) is 12.1 Å². The number of hydrogen-bond donors (Lipinski definition) is 1. The van der Waals surface area contributed by atoms with Crippen molar-refractivity contribution in [1.29, 1.82) is 0 Å².